The summed E-state index contributed by atoms with van der Waals surface area (Å²) in [5.74, 6) is -0.0869. The molecule has 1 atom stereocenters. The first kappa shape index (κ1) is 174. The normalized spacial score (nSPS) is 7.09. The molecule has 1 unspecified atom stereocenters. The van der Waals surface area contributed by atoms with Gasteiger partial charge < -0.3 is 9.29 Å². The molecule has 0 amide bonds. The molecule has 0 fully saturated rings. The van der Waals surface area contributed by atoms with Crippen molar-refractivity contribution in [1.82, 2.24) is 0 Å². The minimum Gasteiger partial charge on any atom is -0.744 e. The molecule has 0 aliphatic carbocycles. The molecule has 591 valence electrons. The predicted octanol–water partition coefficient (Wildman–Crippen LogP) is 34.8. The van der Waals surface area contributed by atoms with Crippen molar-refractivity contribution in [2.75, 3.05) is 7.11 Å². The summed E-state index contributed by atoms with van der Waals surface area (Å²) in [6, 6.07) is 5.80. The molecule has 0 aliphatic rings. The van der Waals surface area contributed by atoms with E-state index < -0.39 is 10.1 Å². The number of ether oxygens (including phenoxy) is 1. The van der Waals surface area contributed by atoms with Crippen LogP contribution in [0.3, 0.4) is 0 Å². The minimum atomic E-state index is -4.29. The van der Waals surface area contributed by atoms with Gasteiger partial charge in [-0.05, 0) is 56.0 Å². The Hall–Kier alpha value is -1.13. The Bertz CT molecular complexity index is 991. The number of esters is 1. The summed E-state index contributed by atoms with van der Waals surface area (Å²) in [5.41, 5.74) is 0. The van der Waals surface area contributed by atoms with E-state index in [-0.39, 0.29) is 30.3 Å². The number of methoxy groups -OCH3 is 1. The van der Waals surface area contributed by atoms with E-state index in [1.54, 1.807) is 6.07 Å². The first-order chi connectivity index (χ1) is 44.7. The summed E-state index contributed by atoms with van der Waals surface area (Å²) < 4.78 is 35.9. The summed E-state index contributed by atoms with van der Waals surface area (Å²) >= 11 is 0. The number of rotatable bonds is 24. The molecule has 0 N–H and O–H groups in total. The van der Waals surface area contributed by atoms with Gasteiger partial charge in [0.05, 0.1) is 12.0 Å². The van der Waals surface area contributed by atoms with Gasteiger partial charge in [0.25, 0.3) is 0 Å². The second-order valence-electron chi connectivity index (χ2n) is 11.4. The fourth-order valence-corrected chi connectivity index (χ4v) is 5.34. The van der Waals surface area contributed by atoms with E-state index in [0.717, 1.165) is 32.1 Å². The summed E-state index contributed by atoms with van der Waals surface area (Å²) in [6.07, 6.45) is 40.1. The van der Waals surface area contributed by atoms with Crippen molar-refractivity contribution in [3.63, 3.8) is 0 Å². The Kier molecular flexibility index (Phi) is 639. The van der Waals surface area contributed by atoms with Crippen molar-refractivity contribution in [2.24, 2.45) is 0 Å². The zero-order valence-corrected chi connectivity index (χ0v) is 79.1. The van der Waals surface area contributed by atoms with Gasteiger partial charge in [-0.1, -0.05) is 478 Å². The second-order valence-corrected chi connectivity index (χ2v) is 13.4. The van der Waals surface area contributed by atoms with Crippen LogP contribution in [0.25, 0.3) is 0 Å². The predicted molar refractivity (Wildman–Crippen MR) is 458 cm³/mol. The van der Waals surface area contributed by atoms with E-state index in [1.807, 2.05) is 318 Å². The first-order valence-electron chi connectivity index (χ1n) is 40.6. The average Bonchev–Trinajstić information content (AvgIpc) is 2.71. The van der Waals surface area contributed by atoms with Crippen LogP contribution >= 0.6 is 9.24 Å². The Morgan fingerprint density at radius 2 is 0.598 bits per heavy atom. The average molecular weight is 1460 g/mol. The summed E-state index contributed by atoms with van der Waals surface area (Å²) in [4.78, 5) is 10.7. The fourth-order valence-electron chi connectivity index (χ4n) is 4.40. The maximum Gasteiger partial charge on any atom is 0.305 e. The van der Waals surface area contributed by atoms with Gasteiger partial charge in [0.2, 0.25) is 0 Å². The molecule has 0 aromatic heterocycles. The van der Waals surface area contributed by atoms with E-state index in [0.29, 0.717) is 11.7 Å². The molecule has 1 aromatic carbocycles. The van der Waals surface area contributed by atoms with Gasteiger partial charge in [-0.3, -0.25) is 4.79 Å². The van der Waals surface area contributed by atoms with Crippen LogP contribution in [-0.4, -0.2) is 26.0 Å². The summed E-state index contributed by atoms with van der Waals surface area (Å²) in [6.45, 7) is 98.7. The van der Waals surface area contributed by atoms with Crippen LogP contribution in [-0.2, 0) is 39.1 Å². The largest absolute Gasteiger partial charge is 0.744 e. The maximum absolute atomic E-state index is 10.9. The molecule has 0 saturated carbocycles. The third kappa shape index (κ3) is 357. The van der Waals surface area contributed by atoms with Crippen molar-refractivity contribution in [1.29, 1.82) is 0 Å². The molecule has 0 aliphatic heterocycles. The van der Waals surface area contributed by atoms with Gasteiger partial charge in [0, 0.05) is 25.9 Å². The fraction of sp³-hybridized carbons (Fsp3) is 0.845. The van der Waals surface area contributed by atoms with Crippen molar-refractivity contribution in [3.05, 3.63) is 60.7 Å². The Balaban J connectivity index is -0.0000000227. The van der Waals surface area contributed by atoms with E-state index >= 15 is 0 Å². The third-order valence-corrected chi connectivity index (χ3v) is 8.30. The van der Waals surface area contributed by atoms with E-state index in [2.05, 4.69) is 71.2 Å². The number of hydrogen-bond acceptors (Lipinski definition) is 5. The molecule has 92 heavy (non-hydrogen) atoms. The van der Waals surface area contributed by atoms with Crippen molar-refractivity contribution in [3.8, 4) is 0 Å². The van der Waals surface area contributed by atoms with E-state index in [1.165, 1.54) is 122 Å². The molecule has 8 heteroatoms. The molecule has 1 aromatic rings. The number of carbonyl (C=O) groups excluding carboxylic acids is 1. The minimum absolute atomic E-state index is 0. The molecule has 5 nitrogen and oxygen atoms in total. The second kappa shape index (κ2) is 337. The molecule has 0 bridgehead atoms. The molecular weight excluding hydrogens is 1250 g/mol. The van der Waals surface area contributed by atoms with Gasteiger partial charge in [0.1, 0.15) is 10.1 Å². The first-order valence-corrected chi connectivity index (χ1v) is 42.5. The van der Waals surface area contributed by atoms with E-state index in [9.17, 15) is 17.8 Å². The van der Waals surface area contributed by atoms with Gasteiger partial charge >= 0.3 is 5.97 Å². The Labute approximate surface area is 615 Å². The summed E-state index contributed by atoms with van der Waals surface area (Å²) in [5, 5.41) is 0.682. The van der Waals surface area contributed by atoms with Crippen LogP contribution in [0.5, 0.6) is 0 Å². The SMILES string of the molecule is CC.CC.CC.CC.CC.CC.CC.CC.CC.CC.CC.CC.CC.CC.CC.CC.CC.CC.CC.CC.CC.CC.CC.CC/C=C\C/C=C\C/C=C\CCCCCCCC(=O)OC.CCCCCCCCCCCCC.O=S(=O)([O-])c1cccc(P)c1.[Rh]. The summed E-state index contributed by atoms with van der Waals surface area (Å²) in [7, 11) is -0.521. The van der Waals surface area contributed by atoms with E-state index in [4.69, 9.17) is 0 Å². The smallest absolute Gasteiger partial charge is 0.305 e. The Morgan fingerprint density at radius 3 is 0.815 bits per heavy atom. The topological polar surface area (TPSA) is 83.5 Å². The van der Waals surface area contributed by atoms with Crippen LogP contribution in [0.15, 0.2) is 65.6 Å². The third-order valence-electron chi connectivity index (χ3n) is 7.11. The van der Waals surface area contributed by atoms with Gasteiger partial charge in [-0.2, -0.15) is 0 Å². The van der Waals surface area contributed by atoms with Crippen molar-refractivity contribution < 1.29 is 42.0 Å². The van der Waals surface area contributed by atoms with Gasteiger partial charge in [0.15, 0.2) is 0 Å². The van der Waals surface area contributed by atoms with Crippen LogP contribution in [0, 0.1) is 0 Å². The van der Waals surface area contributed by atoms with Crippen LogP contribution in [0.1, 0.15) is 474 Å². The number of carbonyl (C=O) groups is 1. The van der Waals surface area contributed by atoms with Gasteiger partial charge in [-0.25, -0.2) is 8.42 Å². The van der Waals surface area contributed by atoms with Crippen molar-refractivity contribution >= 4 is 30.6 Å². The number of unbranched alkanes of at least 4 members (excludes halogenated alkanes) is 15. The molecular formula is C84H204O5PRhS-. The number of benzene rings is 1. The maximum atomic E-state index is 10.9. The van der Waals surface area contributed by atoms with Crippen LogP contribution in [0.2, 0.25) is 0 Å². The van der Waals surface area contributed by atoms with Gasteiger partial charge in [-0.15, -0.1) is 9.24 Å². The van der Waals surface area contributed by atoms with Crippen molar-refractivity contribution in [2.45, 2.75) is 479 Å². The standard InChI is InChI=1S/C19H32O2.C13H28.C6H7O3PS.23C2H6.Rh/c1-3-4-5-6-7-8-9-10-11-12-13-14-15-16-17-18-19(20)21-2;1-3-5-7-9-11-13-12-10-8-6-4-2;7-11(8,9)6-3-1-2-5(10)4-6;23*1-2;/h4-5,7-8,10-11H,3,6,9,12-18H2,1-2H3;3-13H2,1-2H3;1-4H,10H2,(H,7,8,9);23*1-2H3;/p-1/b5-4-,8-7-,11-10-;;;;;;;;;;;;;;;;;;;;;;;;;;. The monoisotopic (exact) mass is 1460 g/mol. The molecule has 1 radical (unpaired) electrons. The number of hydrogen-bond donors (Lipinski definition) is 0. The molecule has 0 heterocycles. The molecule has 0 saturated heterocycles. The quantitative estimate of drug-likeness (QED) is 0.0257. The molecule has 1 rings (SSSR count). The molecule has 0 spiro atoms. The Morgan fingerprint density at radius 1 is 0.370 bits per heavy atom. The number of allylic oxidation sites excluding steroid dienone is 6. The van der Waals surface area contributed by atoms with Crippen LogP contribution < -0.4 is 5.30 Å². The zero-order chi connectivity index (χ0) is 79.9. The zero-order valence-electron chi connectivity index (χ0n) is 75.5. The van der Waals surface area contributed by atoms with Crippen LogP contribution in [0.4, 0.5) is 0 Å².